The SMILES string of the molecule is CC(CC1CC1)NS(=O)(=O)c1cccc(C(N)=S)c1. The van der Waals surface area contributed by atoms with Crippen LogP contribution in [-0.4, -0.2) is 19.4 Å². The molecule has 0 radical (unpaired) electrons. The van der Waals surface area contributed by atoms with Crippen LogP contribution in [-0.2, 0) is 10.0 Å². The van der Waals surface area contributed by atoms with Gasteiger partial charge in [0.05, 0.1) is 4.90 Å². The topological polar surface area (TPSA) is 72.2 Å². The van der Waals surface area contributed by atoms with Gasteiger partial charge >= 0.3 is 0 Å². The van der Waals surface area contributed by atoms with Crippen molar-refractivity contribution in [3.63, 3.8) is 0 Å². The van der Waals surface area contributed by atoms with Crippen LogP contribution >= 0.6 is 12.2 Å². The molecule has 104 valence electrons. The number of hydrogen-bond donors (Lipinski definition) is 2. The monoisotopic (exact) mass is 298 g/mol. The van der Waals surface area contributed by atoms with Crippen LogP contribution < -0.4 is 10.5 Å². The molecule has 2 rings (SSSR count). The maximum Gasteiger partial charge on any atom is 0.240 e. The molecule has 1 atom stereocenters. The molecule has 1 unspecified atom stereocenters. The molecule has 0 spiro atoms. The minimum absolute atomic E-state index is 0.0500. The van der Waals surface area contributed by atoms with Crippen molar-refractivity contribution in [3.8, 4) is 0 Å². The van der Waals surface area contributed by atoms with Crippen LogP contribution in [0.3, 0.4) is 0 Å². The van der Waals surface area contributed by atoms with Crippen LogP contribution in [0.5, 0.6) is 0 Å². The van der Waals surface area contributed by atoms with Crippen molar-refractivity contribution in [1.82, 2.24) is 4.72 Å². The molecular weight excluding hydrogens is 280 g/mol. The Kier molecular flexibility index (Phi) is 4.23. The Bertz CT molecular complexity index is 580. The molecule has 0 aliphatic heterocycles. The van der Waals surface area contributed by atoms with Crippen LogP contribution in [0.1, 0.15) is 31.7 Å². The first kappa shape index (κ1) is 14.4. The van der Waals surface area contributed by atoms with Gasteiger partial charge in [0, 0.05) is 11.6 Å². The number of nitrogens with two attached hydrogens (primary N) is 1. The van der Waals surface area contributed by atoms with Crippen LogP contribution in [0, 0.1) is 5.92 Å². The van der Waals surface area contributed by atoms with Gasteiger partial charge in [-0.2, -0.15) is 0 Å². The first-order valence-corrected chi connectivity index (χ1v) is 8.20. The van der Waals surface area contributed by atoms with E-state index in [1.165, 1.54) is 18.9 Å². The van der Waals surface area contributed by atoms with Crippen molar-refractivity contribution in [2.45, 2.75) is 37.1 Å². The molecule has 1 saturated carbocycles. The lowest BCUT2D eigenvalue weighted by atomic mass is 10.2. The summed E-state index contributed by atoms with van der Waals surface area (Å²) in [6.45, 7) is 1.90. The summed E-state index contributed by atoms with van der Waals surface area (Å²) < 4.78 is 27.1. The molecule has 0 aromatic heterocycles. The van der Waals surface area contributed by atoms with Gasteiger partial charge < -0.3 is 5.73 Å². The fourth-order valence-corrected chi connectivity index (χ4v) is 3.48. The maximum atomic E-state index is 12.2. The number of nitrogens with one attached hydrogen (secondary N) is 1. The van der Waals surface area contributed by atoms with Crippen LogP contribution in [0.2, 0.25) is 0 Å². The van der Waals surface area contributed by atoms with Gasteiger partial charge in [0.2, 0.25) is 10.0 Å². The highest BCUT2D eigenvalue weighted by atomic mass is 32.2. The van der Waals surface area contributed by atoms with E-state index in [1.807, 2.05) is 6.92 Å². The molecule has 0 saturated heterocycles. The zero-order chi connectivity index (χ0) is 14.0. The summed E-state index contributed by atoms with van der Waals surface area (Å²) in [7, 11) is -3.50. The van der Waals surface area contributed by atoms with E-state index in [1.54, 1.807) is 18.2 Å². The second-order valence-corrected chi connectivity index (χ2v) is 7.25. The summed E-state index contributed by atoms with van der Waals surface area (Å²) in [5, 5.41) is 0. The Hall–Kier alpha value is -0.980. The molecular formula is C13H18N2O2S2. The van der Waals surface area contributed by atoms with Gasteiger partial charge in [0.1, 0.15) is 4.99 Å². The van der Waals surface area contributed by atoms with Gasteiger partial charge in [-0.3, -0.25) is 0 Å². The summed E-state index contributed by atoms with van der Waals surface area (Å²) in [6, 6.07) is 6.36. The molecule has 3 N–H and O–H groups in total. The second kappa shape index (κ2) is 5.56. The minimum atomic E-state index is -3.50. The average Bonchev–Trinajstić information content (AvgIpc) is 3.12. The highest BCUT2D eigenvalue weighted by Crippen LogP contribution is 2.33. The molecule has 6 heteroatoms. The molecule has 4 nitrogen and oxygen atoms in total. The third kappa shape index (κ3) is 3.99. The Balaban J connectivity index is 2.13. The summed E-state index contributed by atoms with van der Waals surface area (Å²) >= 11 is 4.86. The third-order valence-electron chi connectivity index (χ3n) is 3.17. The molecule has 1 fully saturated rings. The standard InChI is InChI=1S/C13H18N2O2S2/c1-9(7-10-5-6-10)15-19(16,17)12-4-2-3-11(8-12)13(14)18/h2-4,8-10,15H,5-7H2,1H3,(H2,14,18). The zero-order valence-corrected chi connectivity index (χ0v) is 12.4. The summed E-state index contributed by atoms with van der Waals surface area (Å²) in [5.41, 5.74) is 6.08. The lowest BCUT2D eigenvalue weighted by molar-refractivity contribution is 0.530. The summed E-state index contributed by atoms with van der Waals surface area (Å²) in [5.74, 6) is 0.681. The first-order valence-electron chi connectivity index (χ1n) is 6.30. The van der Waals surface area contributed by atoms with E-state index in [0.717, 1.165) is 6.42 Å². The Morgan fingerprint density at radius 3 is 2.79 bits per heavy atom. The van der Waals surface area contributed by atoms with Crippen molar-refractivity contribution in [2.75, 3.05) is 0 Å². The molecule has 19 heavy (non-hydrogen) atoms. The van der Waals surface area contributed by atoms with Crippen molar-refractivity contribution in [2.24, 2.45) is 11.7 Å². The number of hydrogen-bond acceptors (Lipinski definition) is 3. The Morgan fingerprint density at radius 1 is 1.53 bits per heavy atom. The molecule has 1 aromatic rings. The van der Waals surface area contributed by atoms with Crippen molar-refractivity contribution in [1.29, 1.82) is 0 Å². The van der Waals surface area contributed by atoms with E-state index in [4.69, 9.17) is 18.0 Å². The fraction of sp³-hybridized carbons (Fsp3) is 0.462. The quantitative estimate of drug-likeness (QED) is 0.785. The van der Waals surface area contributed by atoms with Gasteiger partial charge in [-0.1, -0.05) is 37.2 Å². The van der Waals surface area contributed by atoms with E-state index in [2.05, 4.69) is 4.72 Å². The van der Waals surface area contributed by atoms with E-state index in [9.17, 15) is 8.42 Å². The lowest BCUT2D eigenvalue weighted by Crippen LogP contribution is -2.33. The maximum absolute atomic E-state index is 12.2. The molecule has 0 bridgehead atoms. The molecule has 0 heterocycles. The first-order chi connectivity index (χ1) is 8.88. The van der Waals surface area contributed by atoms with E-state index in [-0.39, 0.29) is 15.9 Å². The average molecular weight is 298 g/mol. The van der Waals surface area contributed by atoms with Gasteiger partial charge in [-0.15, -0.1) is 0 Å². The van der Waals surface area contributed by atoms with Crippen LogP contribution in [0.25, 0.3) is 0 Å². The van der Waals surface area contributed by atoms with Crippen molar-refractivity contribution in [3.05, 3.63) is 29.8 Å². The number of benzene rings is 1. The summed E-state index contributed by atoms with van der Waals surface area (Å²) in [6.07, 6.45) is 3.32. The largest absolute Gasteiger partial charge is 0.389 e. The van der Waals surface area contributed by atoms with Gasteiger partial charge in [-0.05, 0) is 31.4 Å². The lowest BCUT2D eigenvalue weighted by Gasteiger charge is -2.14. The molecule has 1 aliphatic rings. The minimum Gasteiger partial charge on any atom is -0.389 e. The highest BCUT2D eigenvalue weighted by molar-refractivity contribution is 7.89. The van der Waals surface area contributed by atoms with Crippen LogP contribution in [0.4, 0.5) is 0 Å². The number of sulfonamides is 1. The highest BCUT2D eigenvalue weighted by Gasteiger charge is 2.26. The van der Waals surface area contributed by atoms with Crippen molar-refractivity contribution < 1.29 is 8.42 Å². The predicted octanol–water partition coefficient (Wildman–Crippen LogP) is 1.79. The van der Waals surface area contributed by atoms with Crippen LogP contribution in [0.15, 0.2) is 29.2 Å². The van der Waals surface area contributed by atoms with E-state index >= 15 is 0 Å². The third-order valence-corrected chi connectivity index (χ3v) is 4.99. The zero-order valence-electron chi connectivity index (χ0n) is 10.8. The molecule has 1 aliphatic carbocycles. The van der Waals surface area contributed by atoms with Gasteiger partial charge in [-0.25, -0.2) is 13.1 Å². The molecule has 0 amide bonds. The van der Waals surface area contributed by atoms with Gasteiger partial charge in [0.15, 0.2) is 0 Å². The smallest absolute Gasteiger partial charge is 0.240 e. The number of thiocarbonyl (C=S) groups is 1. The van der Waals surface area contributed by atoms with E-state index in [0.29, 0.717) is 11.5 Å². The van der Waals surface area contributed by atoms with Gasteiger partial charge in [0.25, 0.3) is 0 Å². The molecule has 1 aromatic carbocycles. The Morgan fingerprint density at radius 2 is 2.21 bits per heavy atom. The second-order valence-electron chi connectivity index (χ2n) is 5.09. The predicted molar refractivity (Wildman–Crippen MR) is 79.5 cm³/mol. The Labute approximate surface area is 119 Å². The summed E-state index contributed by atoms with van der Waals surface area (Å²) in [4.78, 5) is 0.406. The number of rotatable bonds is 6. The normalized spacial score (nSPS) is 17.1. The van der Waals surface area contributed by atoms with Crippen molar-refractivity contribution >= 4 is 27.2 Å². The fourth-order valence-electron chi connectivity index (χ4n) is 2.05. The van der Waals surface area contributed by atoms with E-state index < -0.39 is 10.0 Å².